The maximum atomic E-state index is 9.92. The molecule has 0 saturated carbocycles. The van der Waals surface area contributed by atoms with Crippen molar-refractivity contribution in [3.8, 4) is 0 Å². The highest BCUT2D eigenvalue weighted by atomic mass is 16.5. The highest BCUT2D eigenvalue weighted by Crippen LogP contribution is 2.33. The zero-order chi connectivity index (χ0) is 11.0. The molecule has 1 aliphatic heterocycles. The van der Waals surface area contributed by atoms with Crippen LogP contribution in [-0.4, -0.2) is 21.8 Å². The van der Waals surface area contributed by atoms with Crippen molar-refractivity contribution in [2.45, 2.75) is 25.3 Å². The fourth-order valence-corrected chi connectivity index (χ4v) is 2.60. The molecule has 0 radical (unpaired) electrons. The van der Waals surface area contributed by atoms with E-state index >= 15 is 0 Å². The highest BCUT2D eigenvalue weighted by Gasteiger charge is 2.24. The standard InChI is InChI=1S/C13H16N2O/c16-15-8-4-3-7-13(15)11-9-14-12-6-2-1-5-10(11)12/h1-2,5-6,9,13-14,16H,3-4,7-8H2. The van der Waals surface area contributed by atoms with Crippen molar-refractivity contribution in [1.29, 1.82) is 0 Å². The number of hydroxylamine groups is 2. The number of hydrogen-bond donors (Lipinski definition) is 2. The lowest BCUT2D eigenvalue weighted by Gasteiger charge is -2.30. The van der Waals surface area contributed by atoms with Crippen LogP contribution in [0.4, 0.5) is 0 Å². The molecule has 1 aromatic heterocycles. The minimum absolute atomic E-state index is 0.157. The predicted molar refractivity (Wildman–Crippen MR) is 63.4 cm³/mol. The molecule has 1 aromatic carbocycles. The van der Waals surface area contributed by atoms with E-state index in [0.29, 0.717) is 0 Å². The normalized spacial score (nSPS) is 22.7. The molecule has 1 saturated heterocycles. The first kappa shape index (κ1) is 9.87. The van der Waals surface area contributed by atoms with Crippen molar-refractivity contribution in [3.63, 3.8) is 0 Å². The Morgan fingerprint density at radius 2 is 2.12 bits per heavy atom. The molecule has 0 bridgehead atoms. The molecule has 1 aliphatic rings. The summed E-state index contributed by atoms with van der Waals surface area (Å²) < 4.78 is 0. The SMILES string of the molecule is ON1CCCCC1c1c[nH]c2ccccc12. The lowest BCUT2D eigenvalue weighted by atomic mass is 9.97. The number of H-pyrrole nitrogens is 1. The van der Waals surface area contributed by atoms with E-state index in [9.17, 15) is 5.21 Å². The smallest absolute Gasteiger partial charge is 0.0620 e. The Bertz CT molecular complexity index is 491. The van der Waals surface area contributed by atoms with Gasteiger partial charge in [0.2, 0.25) is 0 Å². The summed E-state index contributed by atoms with van der Waals surface area (Å²) in [4.78, 5) is 3.27. The van der Waals surface area contributed by atoms with E-state index in [-0.39, 0.29) is 6.04 Å². The Morgan fingerprint density at radius 1 is 1.25 bits per heavy atom. The van der Waals surface area contributed by atoms with Crippen LogP contribution in [0.15, 0.2) is 30.5 Å². The van der Waals surface area contributed by atoms with E-state index in [2.05, 4.69) is 17.1 Å². The number of fused-ring (bicyclic) bond motifs is 1. The van der Waals surface area contributed by atoms with Gasteiger partial charge in [-0.1, -0.05) is 24.6 Å². The van der Waals surface area contributed by atoms with Gasteiger partial charge in [-0.25, -0.2) is 0 Å². The quantitative estimate of drug-likeness (QED) is 0.769. The number of para-hydroxylation sites is 1. The number of aromatic nitrogens is 1. The van der Waals surface area contributed by atoms with Gasteiger partial charge in [0.25, 0.3) is 0 Å². The van der Waals surface area contributed by atoms with Crippen LogP contribution < -0.4 is 0 Å². The summed E-state index contributed by atoms with van der Waals surface area (Å²) in [6.07, 6.45) is 5.36. The number of benzene rings is 1. The van der Waals surface area contributed by atoms with Crippen LogP contribution in [-0.2, 0) is 0 Å². The van der Waals surface area contributed by atoms with Gasteiger partial charge in [0, 0.05) is 23.6 Å². The molecule has 3 nitrogen and oxygen atoms in total. The predicted octanol–water partition coefficient (Wildman–Crippen LogP) is 3.08. The monoisotopic (exact) mass is 216 g/mol. The summed E-state index contributed by atoms with van der Waals surface area (Å²) in [5.41, 5.74) is 2.37. The van der Waals surface area contributed by atoms with Crippen LogP contribution in [0.3, 0.4) is 0 Å². The largest absolute Gasteiger partial charge is 0.361 e. The molecule has 0 spiro atoms. The van der Waals surface area contributed by atoms with E-state index in [4.69, 9.17) is 0 Å². The topological polar surface area (TPSA) is 39.3 Å². The fourth-order valence-electron chi connectivity index (χ4n) is 2.60. The Hall–Kier alpha value is -1.32. The maximum Gasteiger partial charge on any atom is 0.0620 e. The van der Waals surface area contributed by atoms with Crippen molar-refractivity contribution >= 4 is 10.9 Å². The average Bonchev–Trinajstić information content (AvgIpc) is 2.74. The van der Waals surface area contributed by atoms with Gasteiger partial charge in [-0.05, 0) is 24.5 Å². The van der Waals surface area contributed by atoms with Crippen LogP contribution in [0.5, 0.6) is 0 Å². The number of piperidine rings is 1. The lowest BCUT2D eigenvalue weighted by Crippen LogP contribution is -2.29. The van der Waals surface area contributed by atoms with Crippen molar-refractivity contribution in [2.24, 2.45) is 0 Å². The van der Waals surface area contributed by atoms with Gasteiger partial charge in [-0.2, -0.15) is 5.06 Å². The number of nitrogens with one attached hydrogen (secondary N) is 1. The molecule has 2 aromatic rings. The minimum Gasteiger partial charge on any atom is -0.361 e. The molecule has 1 fully saturated rings. The molecule has 3 rings (SSSR count). The van der Waals surface area contributed by atoms with Gasteiger partial charge in [0.05, 0.1) is 6.04 Å². The van der Waals surface area contributed by atoms with E-state index in [0.717, 1.165) is 24.9 Å². The summed E-state index contributed by atoms with van der Waals surface area (Å²) in [6, 6.07) is 8.42. The highest BCUT2D eigenvalue weighted by molar-refractivity contribution is 5.83. The Morgan fingerprint density at radius 3 is 3.00 bits per heavy atom. The van der Waals surface area contributed by atoms with Gasteiger partial charge >= 0.3 is 0 Å². The van der Waals surface area contributed by atoms with Crippen molar-refractivity contribution in [1.82, 2.24) is 10.0 Å². The third-order valence-electron chi connectivity index (χ3n) is 3.45. The third-order valence-corrected chi connectivity index (χ3v) is 3.45. The van der Waals surface area contributed by atoms with E-state index in [1.165, 1.54) is 22.4 Å². The molecule has 0 aliphatic carbocycles. The second-order valence-electron chi connectivity index (χ2n) is 4.46. The number of rotatable bonds is 1. The van der Waals surface area contributed by atoms with Crippen molar-refractivity contribution in [2.75, 3.05) is 6.54 Å². The summed E-state index contributed by atoms with van der Waals surface area (Å²) in [5, 5.41) is 12.6. The number of aromatic amines is 1. The molecule has 1 unspecified atom stereocenters. The first-order valence-corrected chi connectivity index (χ1v) is 5.88. The molecule has 2 N–H and O–H groups in total. The van der Waals surface area contributed by atoms with Crippen LogP contribution in [0.1, 0.15) is 30.9 Å². The maximum absolute atomic E-state index is 9.92. The van der Waals surface area contributed by atoms with E-state index in [1.54, 1.807) is 0 Å². The average molecular weight is 216 g/mol. The van der Waals surface area contributed by atoms with Crippen LogP contribution >= 0.6 is 0 Å². The molecule has 84 valence electrons. The van der Waals surface area contributed by atoms with Gasteiger partial charge in [0.15, 0.2) is 0 Å². The number of nitrogens with zero attached hydrogens (tertiary/aromatic N) is 1. The molecule has 2 heterocycles. The van der Waals surface area contributed by atoms with E-state index in [1.807, 2.05) is 18.3 Å². The molecule has 16 heavy (non-hydrogen) atoms. The Balaban J connectivity index is 2.04. The van der Waals surface area contributed by atoms with Crippen LogP contribution in [0.2, 0.25) is 0 Å². The molecule has 0 amide bonds. The summed E-state index contributed by atoms with van der Waals surface area (Å²) >= 11 is 0. The molecular formula is C13H16N2O. The minimum atomic E-state index is 0.157. The van der Waals surface area contributed by atoms with Gasteiger partial charge in [0.1, 0.15) is 0 Å². The fraction of sp³-hybridized carbons (Fsp3) is 0.385. The van der Waals surface area contributed by atoms with Crippen molar-refractivity contribution in [3.05, 3.63) is 36.0 Å². The lowest BCUT2D eigenvalue weighted by molar-refractivity contribution is -0.143. The molecule has 1 atom stereocenters. The zero-order valence-electron chi connectivity index (χ0n) is 9.19. The van der Waals surface area contributed by atoms with Gasteiger partial charge in [-0.3, -0.25) is 0 Å². The second kappa shape index (κ2) is 3.92. The molecule has 3 heteroatoms. The summed E-state index contributed by atoms with van der Waals surface area (Å²) in [5.74, 6) is 0. The Kier molecular flexibility index (Phi) is 2.42. The zero-order valence-corrected chi connectivity index (χ0v) is 9.19. The third kappa shape index (κ3) is 1.52. The summed E-state index contributed by atoms with van der Waals surface area (Å²) in [6.45, 7) is 0.782. The van der Waals surface area contributed by atoms with Crippen molar-refractivity contribution < 1.29 is 5.21 Å². The Labute approximate surface area is 94.6 Å². The molecular weight excluding hydrogens is 200 g/mol. The number of hydrogen-bond acceptors (Lipinski definition) is 2. The summed E-state index contributed by atoms with van der Waals surface area (Å²) in [7, 11) is 0. The van der Waals surface area contributed by atoms with Crippen LogP contribution in [0.25, 0.3) is 10.9 Å². The first-order valence-electron chi connectivity index (χ1n) is 5.88. The van der Waals surface area contributed by atoms with Gasteiger partial charge in [-0.15, -0.1) is 0 Å². The van der Waals surface area contributed by atoms with Gasteiger partial charge < -0.3 is 10.2 Å². The first-order chi connectivity index (χ1) is 7.86. The van der Waals surface area contributed by atoms with Crippen LogP contribution in [0, 0.1) is 0 Å². The second-order valence-corrected chi connectivity index (χ2v) is 4.46. The van der Waals surface area contributed by atoms with E-state index < -0.39 is 0 Å².